The monoisotopic (exact) mass is 716 g/mol. The van der Waals surface area contributed by atoms with E-state index < -0.39 is 5.79 Å². The van der Waals surface area contributed by atoms with Crippen molar-refractivity contribution in [2.45, 2.75) is 5.79 Å². The number of rotatable bonds is 4. The van der Waals surface area contributed by atoms with E-state index >= 15 is 0 Å². The minimum atomic E-state index is -1.52. The summed E-state index contributed by atoms with van der Waals surface area (Å²) in [4.78, 5) is 15.0. The molecular formula is C36H18Cl6N4. The average molecular weight is 719 g/mol. The Labute approximate surface area is 293 Å². The molecule has 46 heavy (non-hydrogen) atoms. The number of halogens is 6. The number of aliphatic imine (C=N–C) groups is 2. The molecule has 8 rings (SSSR count). The molecule has 6 aromatic carbocycles. The van der Waals surface area contributed by atoms with Crippen molar-refractivity contribution in [3.63, 3.8) is 0 Å². The van der Waals surface area contributed by atoms with Crippen molar-refractivity contribution in [3.8, 4) is 11.4 Å². The van der Waals surface area contributed by atoms with Crippen LogP contribution in [0.15, 0.2) is 113 Å². The van der Waals surface area contributed by atoms with Crippen LogP contribution in [-0.4, -0.2) is 21.5 Å². The predicted molar refractivity (Wildman–Crippen MR) is 195 cm³/mol. The molecule has 0 saturated carbocycles. The van der Waals surface area contributed by atoms with Crippen LogP contribution in [0.25, 0.3) is 43.7 Å². The van der Waals surface area contributed by atoms with Crippen molar-refractivity contribution >= 4 is 114 Å². The van der Waals surface area contributed by atoms with Gasteiger partial charge >= 0.3 is 0 Å². The summed E-state index contributed by atoms with van der Waals surface area (Å²) in [5.41, 5.74) is 2.40. The summed E-state index contributed by atoms with van der Waals surface area (Å²) in [6, 6.07) is 29.6. The van der Waals surface area contributed by atoms with Crippen LogP contribution in [0.3, 0.4) is 0 Å². The standard InChI is InChI=1S/C36H18Cl6N4/c37-23-14-27(39)33(28(40)15-23)35-43-10-11-46(35)36(34-29(41)16-24(38)17-30(34)42)44-18-31(45-36)25-7-3-6-19-8-9-22-12-20-4-1-2-5-21(20)13-26(22)32(19)25/h1-18H. The van der Waals surface area contributed by atoms with Crippen LogP contribution < -0.4 is 0 Å². The second-order valence-electron chi connectivity index (χ2n) is 10.9. The lowest BCUT2D eigenvalue weighted by atomic mass is 9.93. The fourth-order valence-electron chi connectivity index (χ4n) is 6.24. The summed E-state index contributed by atoms with van der Waals surface area (Å²) in [6.45, 7) is 0. The molecule has 1 atom stereocenters. The lowest BCUT2D eigenvalue weighted by Crippen LogP contribution is -2.31. The molecule has 0 aliphatic carbocycles. The molecule has 7 aromatic rings. The Balaban J connectivity index is 1.43. The lowest BCUT2D eigenvalue weighted by Gasteiger charge is -2.29. The smallest absolute Gasteiger partial charge is 0.263 e. The first-order chi connectivity index (χ1) is 22.2. The second kappa shape index (κ2) is 11.3. The summed E-state index contributed by atoms with van der Waals surface area (Å²) < 4.78 is 1.76. The maximum Gasteiger partial charge on any atom is 0.263 e. The minimum Gasteiger partial charge on any atom is -0.283 e. The quantitative estimate of drug-likeness (QED) is 0.132. The first-order valence-corrected chi connectivity index (χ1v) is 16.3. The van der Waals surface area contributed by atoms with Crippen molar-refractivity contribution in [3.05, 3.63) is 145 Å². The van der Waals surface area contributed by atoms with Gasteiger partial charge in [0.2, 0.25) is 0 Å². The zero-order valence-electron chi connectivity index (χ0n) is 23.4. The van der Waals surface area contributed by atoms with E-state index in [-0.39, 0.29) is 10.0 Å². The summed E-state index contributed by atoms with van der Waals surface area (Å²) in [7, 11) is 0. The molecule has 0 radical (unpaired) electrons. The average Bonchev–Trinajstić information content (AvgIpc) is 3.68. The van der Waals surface area contributed by atoms with Gasteiger partial charge in [-0.15, -0.1) is 0 Å². The van der Waals surface area contributed by atoms with Gasteiger partial charge in [0.05, 0.1) is 43.1 Å². The number of hydrogen-bond donors (Lipinski definition) is 0. The fraction of sp³-hybridized carbons (Fsp3) is 0.0278. The van der Waals surface area contributed by atoms with E-state index in [1.54, 1.807) is 47.4 Å². The zero-order valence-corrected chi connectivity index (χ0v) is 28.0. The third-order valence-corrected chi connectivity index (χ3v) is 9.82. The highest BCUT2D eigenvalue weighted by molar-refractivity contribution is 6.44. The van der Waals surface area contributed by atoms with Crippen LogP contribution >= 0.6 is 69.6 Å². The van der Waals surface area contributed by atoms with E-state index in [1.165, 1.54) is 5.39 Å². The molecule has 0 spiro atoms. The maximum atomic E-state index is 6.91. The van der Waals surface area contributed by atoms with Gasteiger partial charge in [-0.3, -0.25) is 4.57 Å². The largest absolute Gasteiger partial charge is 0.283 e. The molecule has 4 nitrogen and oxygen atoms in total. The number of nitrogens with zero attached hydrogens (tertiary/aromatic N) is 4. The number of hydrogen-bond acceptors (Lipinski definition) is 3. The molecule has 10 heteroatoms. The SMILES string of the molecule is Clc1cc(Cl)c(-c2nccn2C2(c3c(Cl)cc(Cl)cc3Cl)N=CC(c3cccc4ccc5cc6ccccc6cc5c34)=N2)c(Cl)c1. The lowest BCUT2D eigenvalue weighted by molar-refractivity contribution is 0.406. The van der Waals surface area contributed by atoms with Gasteiger partial charge in [-0.1, -0.05) is 124 Å². The Kier molecular flexibility index (Phi) is 7.30. The van der Waals surface area contributed by atoms with Crippen molar-refractivity contribution in [2.75, 3.05) is 0 Å². The first kappa shape index (κ1) is 29.8. The van der Waals surface area contributed by atoms with Gasteiger partial charge in [0.1, 0.15) is 5.82 Å². The molecule has 1 unspecified atom stereocenters. The molecule has 1 aromatic heterocycles. The second-order valence-corrected chi connectivity index (χ2v) is 13.4. The Morgan fingerprint density at radius 1 is 0.609 bits per heavy atom. The Bertz CT molecular complexity index is 2420. The zero-order chi connectivity index (χ0) is 31.7. The van der Waals surface area contributed by atoms with Gasteiger partial charge in [0, 0.05) is 28.0 Å². The van der Waals surface area contributed by atoms with Gasteiger partial charge in [-0.2, -0.15) is 0 Å². The topological polar surface area (TPSA) is 42.5 Å². The Morgan fingerprint density at radius 3 is 1.96 bits per heavy atom. The molecule has 0 amide bonds. The molecule has 0 fully saturated rings. The molecule has 0 bridgehead atoms. The summed E-state index contributed by atoms with van der Waals surface area (Å²) in [5.74, 6) is -1.13. The first-order valence-electron chi connectivity index (χ1n) is 14.1. The van der Waals surface area contributed by atoms with E-state index in [9.17, 15) is 0 Å². The summed E-state index contributed by atoms with van der Waals surface area (Å²) >= 11 is 39.8. The highest BCUT2D eigenvalue weighted by atomic mass is 35.5. The summed E-state index contributed by atoms with van der Waals surface area (Å²) in [5, 5.41) is 8.61. The molecule has 1 aliphatic heterocycles. The van der Waals surface area contributed by atoms with Crippen LogP contribution in [0, 0.1) is 0 Å². The maximum absolute atomic E-state index is 6.91. The van der Waals surface area contributed by atoms with Crippen molar-refractivity contribution < 1.29 is 0 Å². The summed E-state index contributed by atoms with van der Waals surface area (Å²) in [6.07, 6.45) is 5.10. The number of imidazole rings is 1. The third kappa shape index (κ3) is 4.71. The molecule has 0 saturated heterocycles. The Hall–Kier alpha value is -3.61. The van der Waals surface area contributed by atoms with Gasteiger partial charge in [0.15, 0.2) is 0 Å². The Morgan fingerprint density at radius 2 is 1.24 bits per heavy atom. The van der Waals surface area contributed by atoms with Gasteiger partial charge in [-0.25, -0.2) is 15.0 Å². The van der Waals surface area contributed by atoms with Gasteiger partial charge in [-0.05, 0) is 68.7 Å². The van der Waals surface area contributed by atoms with Crippen LogP contribution in [0.2, 0.25) is 30.1 Å². The number of benzene rings is 6. The minimum absolute atomic E-state index is 0.280. The van der Waals surface area contributed by atoms with E-state index in [4.69, 9.17) is 79.6 Å². The molecule has 224 valence electrons. The van der Waals surface area contributed by atoms with Crippen LogP contribution in [0.4, 0.5) is 0 Å². The highest BCUT2D eigenvalue weighted by Crippen LogP contribution is 2.47. The highest BCUT2D eigenvalue weighted by Gasteiger charge is 2.43. The fourth-order valence-corrected chi connectivity index (χ4v) is 8.29. The van der Waals surface area contributed by atoms with Gasteiger partial charge < -0.3 is 0 Å². The van der Waals surface area contributed by atoms with E-state index in [2.05, 4.69) is 47.4 Å². The van der Waals surface area contributed by atoms with Crippen LogP contribution in [0.5, 0.6) is 0 Å². The molecule has 1 aliphatic rings. The number of fused-ring (bicyclic) bond motifs is 4. The normalized spacial score (nSPS) is 16.2. The molecule has 2 heterocycles. The van der Waals surface area contributed by atoms with Crippen molar-refractivity contribution in [1.29, 1.82) is 0 Å². The number of aromatic nitrogens is 2. The van der Waals surface area contributed by atoms with Crippen LogP contribution in [0.1, 0.15) is 11.1 Å². The van der Waals surface area contributed by atoms with Gasteiger partial charge in [0.25, 0.3) is 5.79 Å². The van der Waals surface area contributed by atoms with Crippen LogP contribution in [-0.2, 0) is 5.79 Å². The van der Waals surface area contributed by atoms with Crippen molar-refractivity contribution in [1.82, 2.24) is 9.55 Å². The van der Waals surface area contributed by atoms with Crippen molar-refractivity contribution in [2.24, 2.45) is 9.98 Å². The molecular weight excluding hydrogens is 701 g/mol. The molecule has 0 N–H and O–H groups in total. The predicted octanol–water partition coefficient (Wildman–Crippen LogP) is 12.2. The third-order valence-electron chi connectivity index (χ3n) is 8.19. The van der Waals surface area contributed by atoms with E-state index in [1.807, 2.05) is 24.3 Å². The van der Waals surface area contributed by atoms with E-state index in [0.29, 0.717) is 42.8 Å². The van der Waals surface area contributed by atoms with E-state index in [0.717, 1.165) is 32.5 Å².